The summed E-state index contributed by atoms with van der Waals surface area (Å²) in [7, 11) is 0. The molecule has 0 saturated carbocycles. The lowest BCUT2D eigenvalue weighted by Gasteiger charge is -2.14. The first kappa shape index (κ1) is 16.1. The zero-order chi connectivity index (χ0) is 15.2. The van der Waals surface area contributed by atoms with E-state index in [1.807, 2.05) is 31.2 Å². The standard InChI is InChI=1S/C16H13BrINO2/c1-2-20-15-8-12(9-19)7-14(18)16(15)21-10-11-3-5-13(17)6-4-11/h3-8H,2,10H2,1H3. The van der Waals surface area contributed by atoms with E-state index in [2.05, 4.69) is 44.6 Å². The Hall–Kier alpha value is -1.26. The molecule has 21 heavy (non-hydrogen) atoms. The maximum absolute atomic E-state index is 9.03. The molecular formula is C16H13BrINO2. The molecule has 0 atom stereocenters. The molecule has 0 fully saturated rings. The first-order valence-electron chi connectivity index (χ1n) is 6.37. The summed E-state index contributed by atoms with van der Waals surface area (Å²) in [6.07, 6.45) is 0. The molecular weight excluding hydrogens is 445 g/mol. The fourth-order valence-electron chi connectivity index (χ4n) is 1.77. The van der Waals surface area contributed by atoms with E-state index in [4.69, 9.17) is 14.7 Å². The number of rotatable bonds is 5. The fourth-order valence-corrected chi connectivity index (χ4v) is 2.79. The SMILES string of the molecule is CCOc1cc(C#N)cc(I)c1OCc1ccc(Br)cc1. The largest absolute Gasteiger partial charge is 0.490 e. The lowest BCUT2D eigenvalue weighted by molar-refractivity contribution is 0.267. The van der Waals surface area contributed by atoms with Crippen molar-refractivity contribution in [2.75, 3.05) is 6.61 Å². The maximum atomic E-state index is 9.03. The highest BCUT2D eigenvalue weighted by atomic mass is 127. The average molecular weight is 458 g/mol. The van der Waals surface area contributed by atoms with Crippen molar-refractivity contribution in [3.8, 4) is 17.6 Å². The Bertz CT molecular complexity index is 665. The summed E-state index contributed by atoms with van der Waals surface area (Å²) in [5, 5.41) is 9.03. The van der Waals surface area contributed by atoms with E-state index < -0.39 is 0 Å². The minimum atomic E-state index is 0.454. The van der Waals surface area contributed by atoms with Gasteiger partial charge in [-0.25, -0.2) is 0 Å². The van der Waals surface area contributed by atoms with Crippen molar-refractivity contribution in [3.05, 3.63) is 55.6 Å². The van der Waals surface area contributed by atoms with Crippen molar-refractivity contribution in [2.24, 2.45) is 0 Å². The number of ether oxygens (including phenoxy) is 2. The van der Waals surface area contributed by atoms with Crippen molar-refractivity contribution in [2.45, 2.75) is 13.5 Å². The predicted octanol–water partition coefficient (Wildman–Crippen LogP) is 4.90. The third-order valence-corrected chi connectivity index (χ3v) is 4.06. The average Bonchev–Trinajstić information content (AvgIpc) is 2.48. The van der Waals surface area contributed by atoms with Crippen molar-refractivity contribution >= 4 is 38.5 Å². The molecule has 0 aliphatic heterocycles. The highest BCUT2D eigenvalue weighted by Crippen LogP contribution is 2.34. The monoisotopic (exact) mass is 457 g/mol. The number of hydrogen-bond acceptors (Lipinski definition) is 3. The van der Waals surface area contributed by atoms with Gasteiger partial charge in [-0.05, 0) is 53.3 Å². The maximum Gasteiger partial charge on any atom is 0.175 e. The minimum Gasteiger partial charge on any atom is -0.490 e. The molecule has 0 N–H and O–H groups in total. The van der Waals surface area contributed by atoms with E-state index in [-0.39, 0.29) is 0 Å². The molecule has 0 saturated heterocycles. The molecule has 5 heteroatoms. The number of benzene rings is 2. The van der Waals surface area contributed by atoms with Gasteiger partial charge >= 0.3 is 0 Å². The van der Waals surface area contributed by atoms with Gasteiger partial charge < -0.3 is 9.47 Å². The number of hydrogen-bond donors (Lipinski definition) is 0. The van der Waals surface area contributed by atoms with Crippen LogP contribution < -0.4 is 9.47 Å². The van der Waals surface area contributed by atoms with Gasteiger partial charge in [0.2, 0.25) is 0 Å². The molecule has 108 valence electrons. The van der Waals surface area contributed by atoms with Gasteiger partial charge in [0.1, 0.15) is 6.61 Å². The Morgan fingerprint density at radius 1 is 1.19 bits per heavy atom. The highest BCUT2D eigenvalue weighted by molar-refractivity contribution is 14.1. The van der Waals surface area contributed by atoms with Gasteiger partial charge in [-0.1, -0.05) is 28.1 Å². The van der Waals surface area contributed by atoms with Crippen molar-refractivity contribution in [1.82, 2.24) is 0 Å². The zero-order valence-electron chi connectivity index (χ0n) is 11.4. The van der Waals surface area contributed by atoms with Crippen LogP contribution in [0.25, 0.3) is 0 Å². The van der Waals surface area contributed by atoms with E-state index in [0.717, 1.165) is 13.6 Å². The number of nitrogens with zero attached hydrogens (tertiary/aromatic N) is 1. The van der Waals surface area contributed by atoms with E-state index in [1.165, 1.54) is 0 Å². The lowest BCUT2D eigenvalue weighted by atomic mass is 10.2. The Balaban J connectivity index is 2.22. The van der Waals surface area contributed by atoms with Crippen molar-refractivity contribution in [3.63, 3.8) is 0 Å². The summed E-state index contributed by atoms with van der Waals surface area (Å²) >= 11 is 5.57. The van der Waals surface area contributed by atoms with Gasteiger partial charge in [0.15, 0.2) is 11.5 Å². The molecule has 2 aromatic carbocycles. The van der Waals surface area contributed by atoms with Crippen molar-refractivity contribution < 1.29 is 9.47 Å². The number of halogens is 2. The third-order valence-electron chi connectivity index (χ3n) is 2.73. The van der Waals surface area contributed by atoms with E-state index >= 15 is 0 Å². The molecule has 0 spiro atoms. The molecule has 0 amide bonds. The topological polar surface area (TPSA) is 42.2 Å². The molecule has 0 aliphatic carbocycles. The van der Waals surface area contributed by atoms with E-state index in [9.17, 15) is 0 Å². The molecule has 0 unspecified atom stereocenters. The summed E-state index contributed by atoms with van der Waals surface area (Å²) in [6.45, 7) is 2.89. The second-order valence-electron chi connectivity index (χ2n) is 4.25. The summed E-state index contributed by atoms with van der Waals surface area (Å²) in [6, 6.07) is 13.6. The van der Waals surface area contributed by atoms with Crippen LogP contribution in [-0.4, -0.2) is 6.61 Å². The van der Waals surface area contributed by atoms with Gasteiger partial charge in [0, 0.05) is 10.5 Å². The van der Waals surface area contributed by atoms with Gasteiger partial charge in [0.25, 0.3) is 0 Å². The van der Waals surface area contributed by atoms with Crippen LogP contribution in [0.1, 0.15) is 18.1 Å². The quantitative estimate of drug-likeness (QED) is 0.599. The predicted molar refractivity (Wildman–Crippen MR) is 93.5 cm³/mol. The summed E-state index contributed by atoms with van der Waals surface area (Å²) in [5.41, 5.74) is 1.64. The second kappa shape index (κ2) is 7.66. The van der Waals surface area contributed by atoms with E-state index in [1.54, 1.807) is 12.1 Å². The first-order valence-corrected chi connectivity index (χ1v) is 8.25. The van der Waals surface area contributed by atoms with Crippen LogP contribution in [0, 0.1) is 14.9 Å². The molecule has 2 rings (SSSR count). The van der Waals surface area contributed by atoms with Crippen molar-refractivity contribution in [1.29, 1.82) is 5.26 Å². The molecule has 0 heterocycles. The molecule has 2 aromatic rings. The third kappa shape index (κ3) is 4.35. The van der Waals surface area contributed by atoms with Crippen LogP contribution in [0.3, 0.4) is 0 Å². The molecule has 3 nitrogen and oxygen atoms in total. The van der Waals surface area contributed by atoms with Crippen LogP contribution in [0.2, 0.25) is 0 Å². The Kier molecular flexibility index (Phi) is 5.88. The molecule has 0 aliphatic rings. The molecule has 0 bridgehead atoms. The summed E-state index contributed by atoms with van der Waals surface area (Å²) < 4.78 is 13.4. The molecule has 0 aromatic heterocycles. The Morgan fingerprint density at radius 3 is 2.52 bits per heavy atom. The normalized spacial score (nSPS) is 10.0. The summed E-state index contributed by atoms with van der Waals surface area (Å²) in [5.74, 6) is 1.29. The van der Waals surface area contributed by atoms with Crippen LogP contribution in [0.4, 0.5) is 0 Å². The Labute approximate surface area is 146 Å². The van der Waals surface area contributed by atoms with Gasteiger partial charge in [-0.3, -0.25) is 0 Å². The van der Waals surface area contributed by atoms with Gasteiger partial charge in [-0.2, -0.15) is 5.26 Å². The van der Waals surface area contributed by atoms with Crippen LogP contribution in [0.15, 0.2) is 40.9 Å². The number of nitriles is 1. The van der Waals surface area contributed by atoms with Gasteiger partial charge in [-0.15, -0.1) is 0 Å². The van der Waals surface area contributed by atoms with E-state index in [0.29, 0.717) is 30.3 Å². The summed E-state index contributed by atoms with van der Waals surface area (Å²) in [4.78, 5) is 0. The van der Waals surface area contributed by atoms with Crippen LogP contribution in [0.5, 0.6) is 11.5 Å². The minimum absolute atomic E-state index is 0.454. The highest BCUT2D eigenvalue weighted by Gasteiger charge is 2.12. The molecule has 0 radical (unpaired) electrons. The van der Waals surface area contributed by atoms with Crippen LogP contribution >= 0.6 is 38.5 Å². The second-order valence-corrected chi connectivity index (χ2v) is 6.32. The lowest BCUT2D eigenvalue weighted by Crippen LogP contribution is -2.02. The Morgan fingerprint density at radius 2 is 1.90 bits per heavy atom. The first-order chi connectivity index (χ1) is 10.1. The smallest absolute Gasteiger partial charge is 0.175 e. The van der Waals surface area contributed by atoms with Crippen LogP contribution in [-0.2, 0) is 6.61 Å². The fraction of sp³-hybridized carbons (Fsp3) is 0.188. The van der Waals surface area contributed by atoms with Gasteiger partial charge in [0.05, 0.1) is 21.8 Å². The zero-order valence-corrected chi connectivity index (χ0v) is 15.1.